The fourth-order valence-electron chi connectivity index (χ4n) is 2.27. The van der Waals surface area contributed by atoms with E-state index in [-0.39, 0.29) is 17.6 Å². The molecule has 5 heteroatoms. The topological polar surface area (TPSA) is 49.4 Å². The molecule has 0 radical (unpaired) electrons. The minimum Gasteiger partial charge on any atom is -0.340 e. The third-order valence-corrected chi connectivity index (χ3v) is 3.37. The number of halogens is 1. The number of carbonyl (C=O) groups excluding carboxylic acids is 2. The molecular formula is C14H17FN2O2. The monoisotopic (exact) mass is 264 g/mol. The van der Waals surface area contributed by atoms with Crippen molar-refractivity contribution in [2.45, 2.75) is 39.3 Å². The van der Waals surface area contributed by atoms with Crippen LogP contribution in [0.5, 0.6) is 0 Å². The van der Waals surface area contributed by atoms with Crippen molar-refractivity contribution < 1.29 is 14.0 Å². The van der Waals surface area contributed by atoms with Gasteiger partial charge in [0.15, 0.2) is 0 Å². The van der Waals surface area contributed by atoms with Crippen LogP contribution in [-0.4, -0.2) is 23.4 Å². The van der Waals surface area contributed by atoms with Crippen LogP contribution in [0, 0.1) is 12.7 Å². The van der Waals surface area contributed by atoms with E-state index in [1.807, 2.05) is 0 Å². The summed E-state index contributed by atoms with van der Waals surface area (Å²) >= 11 is 0. The van der Waals surface area contributed by atoms with Crippen LogP contribution in [0.3, 0.4) is 0 Å². The van der Waals surface area contributed by atoms with Crippen LogP contribution in [0.4, 0.5) is 10.1 Å². The summed E-state index contributed by atoms with van der Waals surface area (Å²) in [6, 6.07) is 3.58. The Labute approximate surface area is 111 Å². The van der Waals surface area contributed by atoms with E-state index in [4.69, 9.17) is 0 Å². The van der Waals surface area contributed by atoms with Crippen molar-refractivity contribution in [3.05, 3.63) is 29.6 Å². The van der Waals surface area contributed by atoms with E-state index >= 15 is 0 Å². The minimum absolute atomic E-state index is 0.200. The van der Waals surface area contributed by atoms with Gasteiger partial charge in [-0.2, -0.15) is 0 Å². The lowest BCUT2D eigenvalue weighted by molar-refractivity contribution is -0.136. The summed E-state index contributed by atoms with van der Waals surface area (Å²) in [6.45, 7) is 6.69. The SMILES string of the molecule is Cc1cc(F)ccc1N1C(=O)C(C)(C)NC(=O)C1C. The lowest BCUT2D eigenvalue weighted by Crippen LogP contribution is -2.67. The van der Waals surface area contributed by atoms with Gasteiger partial charge in [-0.1, -0.05) is 0 Å². The average molecular weight is 264 g/mol. The molecule has 1 atom stereocenters. The first kappa shape index (κ1) is 13.5. The number of hydrogen-bond acceptors (Lipinski definition) is 2. The van der Waals surface area contributed by atoms with Crippen molar-refractivity contribution in [3.8, 4) is 0 Å². The van der Waals surface area contributed by atoms with Gasteiger partial charge in [0.2, 0.25) is 5.91 Å². The number of nitrogens with zero attached hydrogens (tertiary/aromatic N) is 1. The zero-order valence-corrected chi connectivity index (χ0v) is 11.5. The Bertz CT molecular complexity index is 554. The van der Waals surface area contributed by atoms with E-state index in [0.717, 1.165) is 0 Å². The zero-order valence-electron chi connectivity index (χ0n) is 11.5. The summed E-state index contributed by atoms with van der Waals surface area (Å²) < 4.78 is 13.2. The molecule has 1 aliphatic rings. The number of benzene rings is 1. The van der Waals surface area contributed by atoms with Gasteiger partial charge in [0.05, 0.1) is 0 Å². The van der Waals surface area contributed by atoms with Gasteiger partial charge in [0, 0.05) is 5.69 Å². The molecule has 2 amide bonds. The molecule has 2 rings (SSSR count). The van der Waals surface area contributed by atoms with Crippen LogP contribution in [-0.2, 0) is 9.59 Å². The van der Waals surface area contributed by atoms with Crippen molar-refractivity contribution in [3.63, 3.8) is 0 Å². The molecule has 1 aromatic carbocycles. The Morgan fingerprint density at radius 2 is 1.95 bits per heavy atom. The van der Waals surface area contributed by atoms with E-state index < -0.39 is 11.6 Å². The van der Waals surface area contributed by atoms with E-state index in [1.54, 1.807) is 27.7 Å². The van der Waals surface area contributed by atoms with Crippen LogP contribution >= 0.6 is 0 Å². The third-order valence-electron chi connectivity index (χ3n) is 3.37. The molecular weight excluding hydrogens is 247 g/mol. The Morgan fingerprint density at radius 1 is 1.32 bits per heavy atom. The fraction of sp³-hybridized carbons (Fsp3) is 0.429. The summed E-state index contributed by atoms with van der Waals surface area (Å²) in [7, 11) is 0. The summed E-state index contributed by atoms with van der Waals surface area (Å²) in [6.07, 6.45) is 0. The van der Waals surface area contributed by atoms with Crippen molar-refractivity contribution in [2.24, 2.45) is 0 Å². The van der Waals surface area contributed by atoms with Crippen molar-refractivity contribution in [2.75, 3.05) is 4.90 Å². The van der Waals surface area contributed by atoms with E-state index in [0.29, 0.717) is 11.3 Å². The number of carbonyl (C=O) groups is 2. The standard InChI is InChI=1S/C14H17FN2O2/c1-8-7-10(15)5-6-11(8)17-9(2)12(18)16-14(3,4)13(17)19/h5-7,9H,1-4H3,(H,16,18). The predicted octanol–water partition coefficient (Wildman–Crippen LogP) is 1.76. The molecule has 1 aromatic rings. The Morgan fingerprint density at radius 3 is 2.53 bits per heavy atom. The second kappa shape index (κ2) is 4.33. The average Bonchev–Trinajstić information content (AvgIpc) is 2.29. The number of anilines is 1. The maximum Gasteiger partial charge on any atom is 0.252 e. The van der Waals surface area contributed by atoms with Crippen LogP contribution in [0.2, 0.25) is 0 Å². The van der Waals surface area contributed by atoms with Gasteiger partial charge in [-0.25, -0.2) is 4.39 Å². The summed E-state index contributed by atoms with van der Waals surface area (Å²) in [5.41, 5.74) is 0.247. The number of piperazine rings is 1. The molecule has 1 saturated heterocycles. The molecule has 0 aromatic heterocycles. The number of nitrogens with one attached hydrogen (secondary N) is 1. The number of rotatable bonds is 1. The zero-order chi connectivity index (χ0) is 14.4. The van der Waals surface area contributed by atoms with Crippen LogP contribution in [0.15, 0.2) is 18.2 Å². The lowest BCUT2D eigenvalue weighted by Gasteiger charge is -2.42. The third kappa shape index (κ3) is 2.20. The molecule has 1 unspecified atom stereocenters. The highest BCUT2D eigenvalue weighted by Gasteiger charge is 2.44. The van der Waals surface area contributed by atoms with Gasteiger partial charge in [-0.15, -0.1) is 0 Å². The van der Waals surface area contributed by atoms with Gasteiger partial charge in [0.25, 0.3) is 5.91 Å². The number of hydrogen-bond donors (Lipinski definition) is 1. The molecule has 4 nitrogen and oxygen atoms in total. The van der Waals surface area contributed by atoms with Gasteiger partial charge in [-0.3, -0.25) is 14.5 Å². The first-order valence-corrected chi connectivity index (χ1v) is 6.16. The molecule has 102 valence electrons. The minimum atomic E-state index is -0.954. The highest BCUT2D eigenvalue weighted by atomic mass is 19.1. The fourth-order valence-corrected chi connectivity index (χ4v) is 2.27. The van der Waals surface area contributed by atoms with Crippen molar-refractivity contribution >= 4 is 17.5 Å². The summed E-state index contributed by atoms with van der Waals surface area (Å²) in [4.78, 5) is 25.8. The molecule has 0 saturated carbocycles. The second-order valence-corrected chi connectivity index (χ2v) is 5.40. The second-order valence-electron chi connectivity index (χ2n) is 5.40. The molecule has 19 heavy (non-hydrogen) atoms. The molecule has 0 spiro atoms. The molecule has 1 N–H and O–H groups in total. The van der Waals surface area contributed by atoms with Crippen LogP contribution in [0.25, 0.3) is 0 Å². The lowest BCUT2D eigenvalue weighted by atomic mass is 9.96. The molecule has 0 aliphatic carbocycles. The van der Waals surface area contributed by atoms with Gasteiger partial charge in [-0.05, 0) is 51.5 Å². The molecule has 1 heterocycles. The molecule has 0 bridgehead atoms. The highest BCUT2D eigenvalue weighted by Crippen LogP contribution is 2.28. The maximum absolute atomic E-state index is 13.2. The van der Waals surface area contributed by atoms with Crippen LogP contribution < -0.4 is 10.2 Å². The smallest absolute Gasteiger partial charge is 0.252 e. The number of amides is 2. The van der Waals surface area contributed by atoms with E-state index in [2.05, 4.69) is 5.32 Å². The van der Waals surface area contributed by atoms with E-state index in [9.17, 15) is 14.0 Å². The number of aryl methyl sites for hydroxylation is 1. The van der Waals surface area contributed by atoms with Crippen LogP contribution in [0.1, 0.15) is 26.3 Å². The van der Waals surface area contributed by atoms with E-state index in [1.165, 1.54) is 23.1 Å². The first-order chi connectivity index (χ1) is 8.74. The molecule has 1 aliphatic heterocycles. The quantitative estimate of drug-likeness (QED) is 0.840. The summed E-state index contributed by atoms with van der Waals surface area (Å²) in [5, 5.41) is 2.68. The maximum atomic E-state index is 13.2. The van der Waals surface area contributed by atoms with Gasteiger partial charge >= 0.3 is 0 Å². The Kier molecular flexibility index (Phi) is 3.08. The predicted molar refractivity (Wildman–Crippen MR) is 70.3 cm³/mol. The Balaban J connectivity index is 2.51. The van der Waals surface area contributed by atoms with Crippen molar-refractivity contribution in [1.29, 1.82) is 0 Å². The summed E-state index contributed by atoms with van der Waals surface area (Å²) in [5.74, 6) is -0.773. The molecule has 1 fully saturated rings. The van der Waals surface area contributed by atoms with Gasteiger partial charge in [0.1, 0.15) is 17.4 Å². The van der Waals surface area contributed by atoms with Crippen molar-refractivity contribution in [1.82, 2.24) is 5.32 Å². The van der Waals surface area contributed by atoms with Gasteiger partial charge < -0.3 is 5.32 Å². The first-order valence-electron chi connectivity index (χ1n) is 6.16. The Hall–Kier alpha value is -1.91. The normalized spacial score (nSPS) is 22.4. The largest absolute Gasteiger partial charge is 0.340 e. The highest BCUT2D eigenvalue weighted by molar-refractivity contribution is 6.10.